The highest BCUT2D eigenvalue weighted by atomic mass is 32.1. The van der Waals surface area contributed by atoms with Crippen molar-refractivity contribution in [1.82, 2.24) is 4.57 Å². The molecule has 3 heteroatoms. The Labute approximate surface area is 323 Å². The number of rotatable bonds is 6. The lowest BCUT2D eigenvalue weighted by Gasteiger charge is -2.27. The van der Waals surface area contributed by atoms with Gasteiger partial charge in [0.2, 0.25) is 0 Å². The van der Waals surface area contributed by atoms with Gasteiger partial charge in [0.1, 0.15) is 0 Å². The number of hydrogen-bond acceptors (Lipinski definition) is 2. The molecule has 0 aliphatic heterocycles. The lowest BCUT2D eigenvalue weighted by molar-refractivity contribution is 1.18. The molecule has 0 aliphatic carbocycles. The summed E-state index contributed by atoms with van der Waals surface area (Å²) in [6.45, 7) is 0. The van der Waals surface area contributed by atoms with Gasteiger partial charge in [-0.15, -0.1) is 11.3 Å². The number of nitrogens with zero attached hydrogens (tertiary/aromatic N) is 2. The van der Waals surface area contributed by atoms with Gasteiger partial charge in [-0.3, -0.25) is 0 Å². The van der Waals surface area contributed by atoms with E-state index in [1.54, 1.807) is 0 Å². The molecule has 0 aliphatic rings. The second-order valence-electron chi connectivity index (χ2n) is 14.1. The van der Waals surface area contributed by atoms with Gasteiger partial charge in [-0.05, 0) is 93.7 Å². The van der Waals surface area contributed by atoms with E-state index in [1.807, 2.05) is 11.3 Å². The van der Waals surface area contributed by atoms with Crippen molar-refractivity contribution in [3.05, 3.63) is 206 Å². The number of hydrogen-bond donors (Lipinski definition) is 0. The Hall–Kier alpha value is -6.94. The molecule has 9 aromatic carbocycles. The number of anilines is 3. The summed E-state index contributed by atoms with van der Waals surface area (Å²) >= 11 is 1.87. The van der Waals surface area contributed by atoms with Gasteiger partial charge in [0.15, 0.2) is 0 Å². The predicted octanol–water partition coefficient (Wildman–Crippen LogP) is 15.1. The minimum absolute atomic E-state index is 1.11. The topological polar surface area (TPSA) is 8.17 Å². The summed E-state index contributed by atoms with van der Waals surface area (Å²) in [5, 5.41) is 7.55. The van der Waals surface area contributed by atoms with E-state index in [2.05, 4.69) is 216 Å². The molecule has 258 valence electrons. The lowest BCUT2D eigenvalue weighted by Crippen LogP contribution is -2.10. The third-order valence-corrected chi connectivity index (χ3v) is 12.2. The Kier molecular flexibility index (Phi) is 7.39. The fourth-order valence-corrected chi connectivity index (χ4v) is 9.64. The highest BCUT2D eigenvalue weighted by molar-refractivity contribution is 7.26. The molecule has 0 saturated carbocycles. The molecule has 55 heavy (non-hydrogen) atoms. The fraction of sp³-hybridized carbons (Fsp3) is 0. The second-order valence-corrected chi connectivity index (χ2v) is 15.2. The molecule has 0 amide bonds. The van der Waals surface area contributed by atoms with Crippen LogP contribution in [0.25, 0.3) is 80.7 Å². The molecule has 2 aromatic heterocycles. The van der Waals surface area contributed by atoms with E-state index in [4.69, 9.17) is 0 Å². The number of benzene rings is 9. The van der Waals surface area contributed by atoms with Crippen LogP contribution in [0.15, 0.2) is 206 Å². The van der Waals surface area contributed by atoms with Crippen molar-refractivity contribution in [3.8, 4) is 27.9 Å². The summed E-state index contributed by atoms with van der Waals surface area (Å²) < 4.78 is 5.01. The first kappa shape index (κ1) is 31.6. The quantitative estimate of drug-likeness (QED) is 0.166. The molecule has 0 atom stereocenters. The van der Waals surface area contributed by atoms with Crippen LogP contribution in [0.1, 0.15) is 0 Å². The van der Waals surface area contributed by atoms with E-state index in [-0.39, 0.29) is 0 Å². The number of fused-ring (bicyclic) bond motifs is 7. The van der Waals surface area contributed by atoms with Crippen molar-refractivity contribution < 1.29 is 0 Å². The minimum atomic E-state index is 1.11. The SMILES string of the molecule is c1ccc(-c2cccc(N(c3ccc4c5c(-c6ccc7ccccc7c6)cccc5n(-c5ccccc5)c4c3)c3cccc4c3sc3ccccc34)c2)cc1. The molecular weight excluding hydrogens is 685 g/mol. The summed E-state index contributed by atoms with van der Waals surface area (Å²) in [6.07, 6.45) is 0. The van der Waals surface area contributed by atoms with Gasteiger partial charge >= 0.3 is 0 Å². The lowest BCUT2D eigenvalue weighted by atomic mass is 9.97. The van der Waals surface area contributed by atoms with Crippen molar-refractivity contribution >= 4 is 81.1 Å². The van der Waals surface area contributed by atoms with Crippen LogP contribution in [0.5, 0.6) is 0 Å². The molecule has 0 spiro atoms. The first-order valence-electron chi connectivity index (χ1n) is 18.8. The van der Waals surface area contributed by atoms with Crippen molar-refractivity contribution in [2.45, 2.75) is 0 Å². The zero-order valence-corrected chi connectivity index (χ0v) is 30.7. The third kappa shape index (κ3) is 5.24. The van der Waals surface area contributed by atoms with Crippen molar-refractivity contribution in [1.29, 1.82) is 0 Å². The van der Waals surface area contributed by atoms with Crippen molar-refractivity contribution in [3.63, 3.8) is 0 Å². The summed E-state index contributed by atoms with van der Waals surface area (Å²) in [5.74, 6) is 0. The van der Waals surface area contributed by atoms with Crippen LogP contribution in [-0.2, 0) is 0 Å². The monoisotopic (exact) mass is 718 g/mol. The van der Waals surface area contributed by atoms with E-state index >= 15 is 0 Å². The van der Waals surface area contributed by atoms with E-state index in [9.17, 15) is 0 Å². The first-order chi connectivity index (χ1) is 27.3. The summed E-state index contributed by atoms with van der Waals surface area (Å²) in [7, 11) is 0. The largest absolute Gasteiger partial charge is 0.309 e. The van der Waals surface area contributed by atoms with E-state index in [1.165, 1.54) is 80.7 Å². The van der Waals surface area contributed by atoms with Crippen LogP contribution in [-0.4, -0.2) is 4.57 Å². The molecule has 2 heterocycles. The molecule has 0 N–H and O–H groups in total. The first-order valence-corrected chi connectivity index (χ1v) is 19.6. The maximum absolute atomic E-state index is 2.46. The fourth-order valence-electron chi connectivity index (χ4n) is 8.44. The van der Waals surface area contributed by atoms with Crippen LogP contribution in [0.2, 0.25) is 0 Å². The molecule has 0 unspecified atom stereocenters. The highest BCUT2D eigenvalue weighted by Crippen LogP contribution is 2.47. The maximum atomic E-state index is 2.46. The van der Waals surface area contributed by atoms with Gasteiger partial charge in [-0.25, -0.2) is 0 Å². The second kappa shape index (κ2) is 12.9. The van der Waals surface area contributed by atoms with E-state index in [0.717, 1.165) is 17.1 Å². The number of para-hydroxylation sites is 1. The standard InChI is InChI=1S/C52H34N2S/c1-3-14-35(15-4-1)38-18-11-21-41(33-38)53(48-26-13-24-45-44-22-9-10-27-50(44)55-52(45)48)42-30-31-46-49(34-42)54(40-19-5-2-6-20-40)47-25-12-23-43(51(46)47)39-29-28-36-16-7-8-17-37(36)32-39/h1-34H. The molecule has 11 rings (SSSR count). The molecular formula is C52H34N2S. The average Bonchev–Trinajstić information content (AvgIpc) is 3.81. The summed E-state index contributed by atoms with van der Waals surface area (Å²) in [5.41, 5.74) is 11.7. The van der Waals surface area contributed by atoms with Gasteiger partial charge in [0, 0.05) is 43.3 Å². The van der Waals surface area contributed by atoms with Crippen LogP contribution in [0.4, 0.5) is 17.1 Å². The Morgan fingerprint density at radius 2 is 1.11 bits per heavy atom. The summed E-state index contributed by atoms with van der Waals surface area (Å²) in [6, 6.07) is 75.2. The zero-order chi connectivity index (χ0) is 36.3. The molecule has 0 fully saturated rings. The molecule has 0 radical (unpaired) electrons. The smallest absolute Gasteiger partial charge is 0.0640 e. The normalized spacial score (nSPS) is 11.6. The molecule has 2 nitrogen and oxygen atoms in total. The minimum Gasteiger partial charge on any atom is -0.309 e. The Balaban J connectivity index is 1.19. The number of thiophene rings is 1. The number of aromatic nitrogens is 1. The Bertz CT molecular complexity index is 3210. The molecule has 0 saturated heterocycles. The highest BCUT2D eigenvalue weighted by Gasteiger charge is 2.22. The van der Waals surface area contributed by atoms with E-state index in [0.29, 0.717) is 0 Å². The molecule has 11 aromatic rings. The van der Waals surface area contributed by atoms with Crippen molar-refractivity contribution in [2.24, 2.45) is 0 Å². The van der Waals surface area contributed by atoms with Gasteiger partial charge in [-0.2, -0.15) is 0 Å². The van der Waals surface area contributed by atoms with Crippen LogP contribution in [0.3, 0.4) is 0 Å². The van der Waals surface area contributed by atoms with E-state index < -0.39 is 0 Å². The van der Waals surface area contributed by atoms with Gasteiger partial charge < -0.3 is 9.47 Å². The molecule has 0 bridgehead atoms. The van der Waals surface area contributed by atoms with Gasteiger partial charge in [-0.1, -0.05) is 146 Å². The average molecular weight is 719 g/mol. The van der Waals surface area contributed by atoms with Crippen molar-refractivity contribution in [2.75, 3.05) is 4.90 Å². The maximum Gasteiger partial charge on any atom is 0.0640 e. The van der Waals surface area contributed by atoms with Gasteiger partial charge in [0.05, 0.1) is 21.4 Å². The predicted molar refractivity (Wildman–Crippen MR) is 237 cm³/mol. The zero-order valence-electron chi connectivity index (χ0n) is 29.9. The Morgan fingerprint density at radius 1 is 0.400 bits per heavy atom. The van der Waals surface area contributed by atoms with Crippen LogP contribution < -0.4 is 4.90 Å². The van der Waals surface area contributed by atoms with Gasteiger partial charge in [0.25, 0.3) is 0 Å². The third-order valence-electron chi connectivity index (χ3n) is 10.9. The van der Waals surface area contributed by atoms with Crippen LogP contribution in [0, 0.1) is 0 Å². The summed E-state index contributed by atoms with van der Waals surface area (Å²) in [4.78, 5) is 2.46. The Morgan fingerprint density at radius 3 is 2.00 bits per heavy atom. The van der Waals surface area contributed by atoms with Crippen LogP contribution >= 0.6 is 11.3 Å².